The van der Waals surface area contributed by atoms with E-state index in [2.05, 4.69) is 31.9 Å². The first-order chi connectivity index (χ1) is 20.2. The molecule has 4 aromatic rings. The predicted octanol–water partition coefficient (Wildman–Crippen LogP) is 6.81. The highest BCUT2D eigenvalue weighted by atomic mass is 79.9. The lowest BCUT2D eigenvalue weighted by Gasteiger charge is -2.12. The number of thioether (sulfide) groups is 1. The summed E-state index contributed by atoms with van der Waals surface area (Å²) in [4.78, 5) is 50.0. The number of carbonyl (C=O) groups is 3. The van der Waals surface area contributed by atoms with Crippen molar-refractivity contribution >= 4 is 68.6 Å². The second-order valence-corrected chi connectivity index (χ2v) is 11.0. The average Bonchev–Trinajstić information content (AvgIpc) is 2.97. The van der Waals surface area contributed by atoms with Crippen molar-refractivity contribution in [3.63, 3.8) is 0 Å². The van der Waals surface area contributed by atoms with E-state index in [4.69, 9.17) is 0 Å². The first-order valence-corrected chi connectivity index (χ1v) is 14.4. The number of aryl methyl sites for hydroxylation is 1. The van der Waals surface area contributed by atoms with Crippen molar-refractivity contribution in [2.45, 2.75) is 11.8 Å². The molecule has 0 heterocycles. The number of hydrogen-bond donors (Lipinski definition) is 3. The van der Waals surface area contributed by atoms with Gasteiger partial charge < -0.3 is 16.0 Å². The highest BCUT2D eigenvalue weighted by molar-refractivity contribution is 9.10. The first kappa shape index (κ1) is 30.2. The third-order valence-corrected chi connectivity index (χ3v) is 7.34. The highest BCUT2D eigenvalue weighted by Gasteiger charge is 2.16. The standard InChI is InChI=1S/C31H25BrN4O5S/c1-20-13-14-25(36(40)41)18-27(20)34-29(37)19-42-26-12-6-11-24(17-26)33-31(39)28(16-21-7-5-10-23(32)15-21)35-30(38)22-8-3-2-4-9-22/h2-18H,19H2,1H3,(H,33,39)(H,34,37)(H,35,38)/b28-16+. The van der Waals surface area contributed by atoms with Gasteiger partial charge in [-0.2, -0.15) is 0 Å². The molecule has 0 bridgehead atoms. The molecule has 0 fully saturated rings. The molecule has 0 unspecified atom stereocenters. The van der Waals surface area contributed by atoms with Gasteiger partial charge in [0, 0.05) is 32.8 Å². The van der Waals surface area contributed by atoms with Gasteiger partial charge in [0.1, 0.15) is 5.70 Å². The van der Waals surface area contributed by atoms with Gasteiger partial charge >= 0.3 is 0 Å². The van der Waals surface area contributed by atoms with Gasteiger partial charge in [0.15, 0.2) is 0 Å². The summed E-state index contributed by atoms with van der Waals surface area (Å²) in [6.07, 6.45) is 1.58. The molecule has 42 heavy (non-hydrogen) atoms. The third kappa shape index (κ3) is 8.63. The summed E-state index contributed by atoms with van der Waals surface area (Å²) in [6.45, 7) is 1.75. The largest absolute Gasteiger partial charge is 0.325 e. The summed E-state index contributed by atoms with van der Waals surface area (Å²) in [5.74, 6) is -1.25. The number of hydrogen-bond acceptors (Lipinski definition) is 6. The number of non-ortho nitro benzene ring substituents is 1. The Morgan fingerprint density at radius 3 is 2.40 bits per heavy atom. The Kier molecular flexibility index (Phi) is 10.2. The van der Waals surface area contributed by atoms with Crippen molar-refractivity contribution in [3.05, 3.63) is 134 Å². The number of benzene rings is 4. The first-order valence-electron chi connectivity index (χ1n) is 12.6. The number of halogens is 1. The number of nitrogens with zero attached hydrogens (tertiary/aromatic N) is 1. The summed E-state index contributed by atoms with van der Waals surface area (Å²) in [6, 6.07) is 27.1. The van der Waals surface area contributed by atoms with Crippen LogP contribution in [-0.2, 0) is 9.59 Å². The monoisotopic (exact) mass is 644 g/mol. The van der Waals surface area contributed by atoms with Gasteiger partial charge in [-0.25, -0.2) is 0 Å². The van der Waals surface area contributed by atoms with E-state index in [1.54, 1.807) is 73.7 Å². The van der Waals surface area contributed by atoms with Crippen LogP contribution >= 0.6 is 27.7 Å². The van der Waals surface area contributed by atoms with Crippen LogP contribution in [0.1, 0.15) is 21.5 Å². The molecule has 9 nitrogen and oxygen atoms in total. The van der Waals surface area contributed by atoms with Crippen molar-refractivity contribution in [2.24, 2.45) is 0 Å². The second kappa shape index (κ2) is 14.2. The SMILES string of the molecule is Cc1ccc([N+](=O)[O-])cc1NC(=O)CSc1cccc(NC(=O)/C(=C\c2cccc(Br)c2)NC(=O)c2ccccc2)c1. The van der Waals surface area contributed by atoms with Crippen molar-refractivity contribution < 1.29 is 19.3 Å². The summed E-state index contributed by atoms with van der Waals surface area (Å²) in [7, 11) is 0. The third-order valence-electron chi connectivity index (χ3n) is 5.86. The lowest BCUT2D eigenvalue weighted by molar-refractivity contribution is -0.384. The maximum Gasteiger partial charge on any atom is 0.272 e. The van der Waals surface area contributed by atoms with E-state index in [0.717, 1.165) is 4.47 Å². The van der Waals surface area contributed by atoms with Crippen LogP contribution in [0.15, 0.2) is 112 Å². The van der Waals surface area contributed by atoms with Gasteiger partial charge in [-0.3, -0.25) is 24.5 Å². The predicted molar refractivity (Wildman–Crippen MR) is 168 cm³/mol. The molecule has 0 aromatic heterocycles. The molecule has 0 aliphatic carbocycles. The van der Waals surface area contributed by atoms with Crippen LogP contribution in [0.4, 0.5) is 17.1 Å². The second-order valence-electron chi connectivity index (χ2n) is 9.01. The van der Waals surface area contributed by atoms with Gasteiger partial charge in [-0.1, -0.05) is 58.4 Å². The fourth-order valence-electron chi connectivity index (χ4n) is 3.76. The summed E-state index contributed by atoms with van der Waals surface area (Å²) in [5, 5.41) is 19.3. The molecule has 11 heteroatoms. The average molecular weight is 646 g/mol. The van der Waals surface area contributed by atoms with E-state index in [-0.39, 0.29) is 23.0 Å². The zero-order chi connectivity index (χ0) is 30.1. The van der Waals surface area contributed by atoms with Gasteiger partial charge in [0.25, 0.3) is 17.5 Å². The van der Waals surface area contributed by atoms with E-state index < -0.39 is 16.7 Å². The molecular formula is C31H25BrN4O5S. The Balaban J connectivity index is 1.45. The number of nitro benzene ring substituents is 1. The zero-order valence-corrected chi connectivity index (χ0v) is 24.7. The van der Waals surface area contributed by atoms with Gasteiger partial charge in [-0.05, 0) is 66.6 Å². The molecule has 212 valence electrons. The molecule has 0 atom stereocenters. The Hall–Kier alpha value is -4.74. The minimum absolute atomic E-state index is 0.0424. The summed E-state index contributed by atoms with van der Waals surface area (Å²) in [5.41, 5.74) is 2.59. The van der Waals surface area contributed by atoms with Crippen molar-refractivity contribution in [1.29, 1.82) is 0 Å². The lowest BCUT2D eigenvalue weighted by Crippen LogP contribution is -2.30. The number of carbonyl (C=O) groups excluding carboxylic acids is 3. The van der Waals surface area contributed by atoms with E-state index in [1.807, 2.05) is 24.3 Å². The molecule has 3 N–H and O–H groups in total. The zero-order valence-electron chi connectivity index (χ0n) is 22.3. The Morgan fingerprint density at radius 1 is 0.905 bits per heavy atom. The topological polar surface area (TPSA) is 130 Å². The molecule has 0 saturated heterocycles. The number of anilines is 2. The van der Waals surface area contributed by atoms with E-state index >= 15 is 0 Å². The lowest BCUT2D eigenvalue weighted by atomic mass is 10.1. The van der Waals surface area contributed by atoms with Crippen LogP contribution in [0.2, 0.25) is 0 Å². The molecule has 0 radical (unpaired) electrons. The molecule has 4 aromatic carbocycles. The van der Waals surface area contributed by atoms with Crippen LogP contribution in [-0.4, -0.2) is 28.4 Å². The molecule has 0 aliphatic rings. The van der Waals surface area contributed by atoms with Crippen LogP contribution in [0.5, 0.6) is 0 Å². The van der Waals surface area contributed by atoms with Crippen LogP contribution < -0.4 is 16.0 Å². The minimum atomic E-state index is -0.528. The van der Waals surface area contributed by atoms with Crippen LogP contribution in [0, 0.1) is 17.0 Å². The quantitative estimate of drug-likeness (QED) is 0.0753. The van der Waals surface area contributed by atoms with Gasteiger partial charge in [0.05, 0.1) is 16.4 Å². The number of amides is 3. The van der Waals surface area contributed by atoms with E-state index in [0.29, 0.717) is 33.0 Å². The highest BCUT2D eigenvalue weighted by Crippen LogP contribution is 2.25. The van der Waals surface area contributed by atoms with Gasteiger partial charge in [-0.15, -0.1) is 11.8 Å². The number of nitrogens with one attached hydrogen (secondary N) is 3. The molecule has 3 amide bonds. The van der Waals surface area contributed by atoms with Gasteiger partial charge in [0.2, 0.25) is 5.91 Å². The van der Waals surface area contributed by atoms with Crippen LogP contribution in [0.25, 0.3) is 6.08 Å². The molecular weight excluding hydrogens is 620 g/mol. The maximum absolute atomic E-state index is 13.3. The fourth-order valence-corrected chi connectivity index (χ4v) is 4.93. The van der Waals surface area contributed by atoms with E-state index in [9.17, 15) is 24.5 Å². The van der Waals surface area contributed by atoms with Crippen molar-refractivity contribution in [2.75, 3.05) is 16.4 Å². The molecule has 0 spiro atoms. The van der Waals surface area contributed by atoms with E-state index in [1.165, 1.54) is 23.9 Å². The fraction of sp³-hybridized carbons (Fsp3) is 0.0645. The molecule has 0 aliphatic heterocycles. The van der Waals surface area contributed by atoms with Crippen molar-refractivity contribution in [3.8, 4) is 0 Å². The summed E-state index contributed by atoms with van der Waals surface area (Å²) >= 11 is 4.66. The summed E-state index contributed by atoms with van der Waals surface area (Å²) < 4.78 is 0.819. The Bertz CT molecular complexity index is 1680. The number of rotatable bonds is 10. The molecule has 0 saturated carbocycles. The van der Waals surface area contributed by atoms with Crippen LogP contribution in [0.3, 0.4) is 0 Å². The normalized spacial score (nSPS) is 11.0. The van der Waals surface area contributed by atoms with Crippen molar-refractivity contribution in [1.82, 2.24) is 5.32 Å². The number of nitro groups is 1. The minimum Gasteiger partial charge on any atom is -0.325 e. The Morgan fingerprint density at radius 2 is 1.67 bits per heavy atom. The smallest absolute Gasteiger partial charge is 0.272 e. The Labute approximate surface area is 254 Å². The molecule has 4 rings (SSSR count). The maximum atomic E-state index is 13.3.